The van der Waals surface area contributed by atoms with Crippen LogP contribution < -0.4 is 0 Å². The number of aromatic nitrogens is 4. The first-order valence-electron chi connectivity index (χ1n) is 16.5. The van der Waals surface area contributed by atoms with Crippen molar-refractivity contribution in [3.63, 3.8) is 0 Å². The molecular formula is C37H50N6O2. The molecule has 2 aliphatic rings. The van der Waals surface area contributed by atoms with Gasteiger partial charge in [0.15, 0.2) is 0 Å². The lowest BCUT2D eigenvalue weighted by Crippen LogP contribution is -2.39. The highest BCUT2D eigenvalue weighted by Crippen LogP contribution is 2.31. The van der Waals surface area contributed by atoms with Crippen molar-refractivity contribution in [2.75, 3.05) is 13.1 Å². The third kappa shape index (κ3) is 7.84. The van der Waals surface area contributed by atoms with Gasteiger partial charge < -0.3 is 4.74 Å². The number of carbonyl (C=O) groups is 1. The van der Waals surface area contributed by atoms with Crippen LogP contribution in [0.15, 0.2) is 59.9 Å². The van der Waals surface area contributed by atoms with Crippen LogP contribution in [-0.4, -0.2) is 55.0 Å². The van der Waals surface area contributed by atoms with Gasteiger partial charge in [-0.2, -0.15) is 10.2 Å². The number of hydrogen-bond acceptors (Lipinski definition) is 5. The average Bonchev–Trinajstić information content (AvgIpc) is 3.61. The fourth-order valence-electron chi connectivity index (χ4n) is 5.66. The van der Waals surface area contributed by atoms with E-state index in [1.807, 2.05) is 30.1 Å². The second-order valence-electron chi connectivity index (χ2n) is 14.4. The highest BCUT2D eigenvalue weighted by Gasteiger charge is 2.29. The van der Waals surface area contributed by atoms with E-state index in [1.54, 1.807) is 4.90 Å². The molecule has 0 N–H and O–H groups in total. The number of rotatable bonds is 4. The van der Waals surface area contributed by atoms with Crippen LogP contribution in [0.5, 0.6) is 0 Å². The fourth-order valence-corrected chi connectivity index (χ4v) is 5.66. The number of carbonyl (C=O) groups excluding carboxylic acids is 1. The highest BCUT2D eigenvalue weighted by atomic mass is 16.6. The van der Waals surface area contributed by atoms with E-state index >= 15 is 0 Å². The molecule has 45 heavy (non-hydrogen) atoms. The number of allylic oxidation sites excluding steroid dienone is 1. The molecule has 0 spiro atoms. The largest absolute Gasteiger partial charge is 0.443 e. The molecule has 8 nitrogen and oxygen atoms in total. The number of ether oxygens (including phenoxy) is 1. The second-order valence-corrected chi connectivity index (χ2v) is 14.4. The molecule has 4 heterocycles. The minimum Gasteiger partial charge on any atom is -0.443 e. The minimum absolute atomic E-state index is 0.289. The lowest BCUT2D eigenvalue weighted by molar-refractivity contribution is 0.0327. The molecule has 0 aliphatic carbocycles. The lowest BCUT2D eigenvalue weighted by atomic mass is 9.95. The number of aliphatic imine (C=N–C) groups is 1. The maximum absolute atomic E-state index is 12.7. The molecule has 2 aromatic heterocycles. The molecule has 0 saturated heterocycles. The molecule has 4 aromatic rings. The van der Waals surface area contributed by atoms with Crippen LogP contribution >= 0.6 is 0 Å². The standard InChI is InChI=1S/C21H29N3O2.C16H21N3/c1-14(2)24-13-17-9-8-16(11-18(17)22-24)19-10-7-15(3)12-23(19)20(25)26-21(4,5)6;1-11(2)19-10-14-6-5-13(8-16(14)18-19)15-7-4-12(3)9-17-15/h8-11,13-15H,7,12H2,1-6H3;5-6,8,10-12H,4,7,9H2,1-3H3. The van der Waals surface area contributed by atoms with Gasteiger partial charge in [0.05, 0.1) is 16.7 Å². The van der Waals surface area contributed by atoms with Gasteiger partial charge in [-0.25, -0.2) is 4.79 Å². The molecule has 0 bridgehead atoms. The summed E-state index contributed by atoms with van der Waals surface area (Å²) in [6.07, 6.45) is 9.32. The first kappa shape index (κ1) is 32.5. The molecular weight excluding hydrogens is 560 g/mol. The van der Waals surface area contributed by atoms with Crippen LogP contribution in [0, 0.1) is 11.8 Å². The van der Waals surface area contributed by atoms with Crippen LogP contribution in [0.1, 0.15) is 105 Å². The van der Waals surface area contributed by atoms with Crippen molar-refractivity contribution in [2.45, 2.75) is 99.3 Å². The van der Waals surface area contributed by atoms with E-state index in [1.165, 1.54) is 23.1 Å². The van der Waals surface area contributed by atoms with E-state index in [-0.39, 0.29) is 6.09 Å². The molecule has 0 fully saturated rings. The maximum Gasteiger partial charge on any atom is 0.414 e. The van der Waals surface area contributed by atoms with Crippen molar-refractivity contribution >= 4 is 39.3 Å². The van der Waals surface area contributed by atoms with E-state index in [2.05, 4.69) is 107 Å². The van der Waals surface area contributed by atoms with Crippen LogP contribution in [0.4, 0.5) is 4.79 Å². The van der Waals surface area contributed by atoms with Gasteiger partial charge in [0.1, 0.15) is 5.60 Å². The van der Waals surface area contributed by atoms with Crippen molar-refractivity contribution in [2.24, 2.45) is 16.8 Å². The van der Waals surface area contributed by atoms with Gasteiger partial charge in [-0.15, -0.1) is 0 Å². The molecule has 6 rings (SSSR count). The summed E-state index contributed by atoms with van der Waals surface area (Å²) in [5, 5.41) is 11.6. The number of fused-ring (bicyclic) bond motifs is 2. The summed E-state index contributed by atoms with van der Waals surface area (Å²) >= 11 is 0. The normalized spacial score (nSPS) is 19.0. The zero-order valence-corrected chi connectivity index (χ0v) is 28.5. The Morgan fingerprint density at radius 3 is 1.98 bits per heavy atom. The van der Waals surface area contributed by atoms with Gasteiger partial charge in [-0.1, -0.05) is 44.2 Å². The number of nitrogens with zero attached hydrogens (tertiary/aromatic N) is 6. The summed E-state index contributed by atoms with van der Waals surface area (Å²) in [6.45, 7) is 20.3. The molecule has 2 aliphatic heterocycles. The summed E-state index contributed by atoms with van der Waals surface area (Å²) in [5.74, 6) is 1.14. The van der Waals surface area contributed by atoms with E-state index in [0.717, 1.165) is 53.0 Å². The number of benzene rings is 2. The topological polar surface area (TPSA) is 77.5 Å². The zero-order chi connectivity index (χ0) is 32.5. The zero-order valence-electron chi connectivity index (χ0n) is 28.5. The second kappa shape index (κ2) is 13.2. The van der Waals surface area contributed by atoms with E-state index in [4.69, 9.17) is 9.73 Å². The van der Waals surface area contributed by atoms with Gasteiger partial charge in [-0.05, 0) is 97.3 Å². The Kier molecular flexibility index (Phi) is 9.52. The van der Waals surface area contributed by atoms with Crippen LogP contribution in [0.3, 0.4) is 0 Å². The van der Waals surface area contributed by atoms with Gasteiger partial charge in [0, 0.05) is 59.6 Å². The molecule has 1 amide bonds. The predicted octanol–water partition coefficient (Wildman–Crippen LogP) is 9.07. The van der Waals surface area contributed by atoms with Gasteiger partial charge >= 0.3 is 6.09 Å². The summed E-state index contributed by atoms with van der Waals surface area (Å²) in [4.78, 5) is 19.2. The molecule has 8 heteroatoms. The third-order valence-electron chi connectivity index (χ3n) is 8.32. The molecule has 2 atom stereocenters. The maximum atomic E-state index is 12.7. The van der Waals surface area contributed by atoms with Gasteiger partial charge in [-0.3, -0.25) is 19.3 Å². The number of hydrogen-bond donors (Lipinski definition) is 0. The van der Waals surface area contributed by atoms with Crippen molar-refractivity contribution in [1.29, 1.82) is 0 Å². The first-order chi connectivity index (χ1) is 21.3. The van der Waals surface area contributed by atoms with E-state index in [0.29, 0.717) is 24.5 Å². The average molecular weight is 611 g/mol. The molecule has 0 saturated carbocycles. The van der Waals surface area contributed by atoms with Crippen molar-refractivity contribution in [1.82, 2.24) is 24.5 Å². The smallest absolute Gasteiger partial charge is 0.414 e. The summed E-state index contributed by atoms with van der Waals surface area (Å²) in [5.41, 5.74) is 5.92. The summed E-state index contributed by atoms with van der Waals surface area (Å²) in [7, 11) is 0. The molecule has 240 valence electrons. The summed E-state index contributed by atoms with van der Waals surface area (Å²) < 4.78 is 9.62. The molecule has 0 radical (unpaired) electrons. The Hall–Kier alpha value is -3.94. The van der Waals surface area contributed by atoms with Gasteiger partial charge in [0.2, 0.25) is 0 Å². The van der Waals surface area contributed by atoms with Crippen molar-refractivity contribution < 1.29 is 9.53 Å². The van der Waals surface area contributed by atoms with E-state index < -0.39 is 5.60 Å². The first-order valence-corrected chi connectivity index (χ1v) is 16.5. The Morgan fingerprint density at radius 2 is 1.44 bits per heavy atom. The predicted molar refractivity (Wildman–Crippen MR) is 185 cm³/mol. The highest BCUT2D eigenvalue weighted by molar-refractivity contribution is 6.03. The quantitative estimate of drug-likeness (QED) is 0.231. The lowest BCUT2D eigenvalue weighted by Gasteiger charge is -2.33. The minimum atomic E-state index is -0.511. The fraction of sp³-hybridized carbons (Fsp3) is 0.514. The Bertz CT molecular complexity index is 1720. The van der Waals surface area contributed by atoms with Crippen molar-refractivity contribution in [3.05, 3.63) is 66.0 Å². The Balaban J connectivity index is 0.000000186. The van der Waals surface area contributed by atoms with Crippen LogP contribution in [0.2, 0.25) is 0 Å². The number of amides is 1. The monoisotopic (exact) mass is 610 g/mol. The van der Waals surface area contributed by atoms with Crippen molar-refractivity contribution in [3.8, 4) is 0 Å². The van der Waals surface area contributed by atoms with Gasteiger partial charge in [0.25, 0.3) is 0 Å². The molecule has 2 aromatic carbocycles. The Labute approximate surface area is 268 Å². The summed E-state index contributed by atoms with van der Waals surface area (Å²) in [6, 6.07) is 13.5. The van der Waals surface area contributed by atoms with E-state index in [9.17, 15) is 4.79 Å². The Morgan fingerprint density at radius 1 is 0.867 bits per heavy atom. The van der Waals surface area contributed by atoms with Crippen LogP contribution in [0.25, 0.3) is 27.5 Å². The van der Waals surface area contributed by atoms with Crippen LogP contribution in [-0.2, 0) is 4.74 Å². The molecule has 2 unspecified atom stereocenters. The SMILES string of the molecule is CC1CC=C(c2ccc3cn(C(C)C)nc3c2)N(C(=O)OC(C)(C)C)C1.CC1CCC(c2ccc3cn(C(C)C)nc3c2)=NC1. The third-order valence-corrected chi connectivity index (χ3v) is 8.32.